The lowest BCUT2D eigenvalue weighted by Gasteiger charge is -2.14. The van der Waals surface area contributed by atoms with Crippen LogP contribution in [0.2, 0.25) is 0 Å². The summed E-state index contributed by atoms with van der Waals surface area (Å²) in [5.41, 5.74) is 1.19. The number of rotatable bonds is 3. The van der Waals surface area contributed by atoms with Crippen molar-refractivity contribution in [1.82, 2.24) is 0 Å². The van der Waals surface area contributed by atoms with E-state index < -0.39 is 6.10 Å². The second kappa shape index (κ2) is 5.91. The van der Waals surface area contributed by atoms with E-state index in [4.69, 9.17) is 0 Å². The van der Waals surface area contributed by atoms with Crippen molar-refractivity contribution < 1.29 is 9.90 Å². The Bertz CT molecular complexity index is 1040. The van der Waals surface area contributed by atoms with E-state index in [1.165, 1.54) is 0 Å². The Morgan fingerprint density at radius 3 is 1.96 bits per heavy atom. The van der Waals surface area contributed by atoms with Crippen molar-refractivity contribution in [2.24, 2.45) is 0 Å². The summed E-state index contributed by atoms with van der Waals surface area (Å²) >= 11 is 0. The molecule has 0 aliphatic heterocycles. The number of aliphatic hydroxyl groups is 1. The van der Waals surface area contributed by atoms with E-state index in [-0.39, 0.29) is 5.78 Å². The molecule has 0 aromatic heterocycles. The van der Waals surface area contributed by atoms with Gasteiger partial charge in [0.1, 0.15) is 6.10 Å². The summed E-state index contributed by atoms with van der Waals surface area (Å²) in [6.45, 7) is 0. The highest BCUT2D eigenvalue weighted by Gasteiger charge is 2.22. The van der Waals surface area contributed by atoms with Gasteiger partial charge in [-0.25, -0.2) is 0 Å². The monoisotopic (exact) mass is 312 g/mol. The number of carbonyl (C=O) groups excluding carboxylic acids is 1. The molecule has 2 nitrogen and oxygen atoms in total. The quantitative estimate of drug-likeness (QED) is 0.546. The van der Waals surface area contributed by atoms with Crippen molar-refractivity contribution >= 4 is 27.3 Å². The van der Waals surface area contributed by atoms with Crippen LogP contribution in [0.1, 0.15) is 22.0 Å². The van der Waals surface area contributed by atoms with Crippen LogP contribution in [-0.4, -0.2) is 10.9 Å². The van der Waals surface area contributed by atoms with E-state index in [1.807, 2.05) is 78.9 Å². The molecule has 0 heterocycles. The summed E-state index contributed by atoms with van der Waals surface area (Å²) in [6.07, 6.45) is -1.18. The third kappa shape index (κ3) is 2.38. The Labute approximate surface area is 140 Å². The fraction of sp³-hybridized carbons (Fsp3) is 0.0455. The van der Waals surface area contributed by atoms with Crippen molar-refractivity contribution in [2.75, 3.05) is 0 Å². The Morgan fingerprint density at radius 1 is 0.667 bits per heavy atom. The van der Waals surface area contributed by atoms with Crippen LogP contribution in [0.15, 0.2) is 84.9 Å². The zero-order chi connectivity index (χ0) is 16.5. The van der Waals surface area contributed by atoms with E-state index in [9.17, 15) is 9.90 Å². The van der Waals surface area contributed by atoms with Crippen LogP contribution < -0.4 is 0 Å². The van der Waals surface area contributed by atoms with Gasteiger partial charge in [0.05, 0.1) is 0 Å². The number of Topliss-reactive ketones (excluding diaryl/α,β-unsaturated/α-hetero) is 1. The summed E-state index contributed by atoms with van der Waals surface area (Å²) in [7, 11) is 0. The minimum absolute atomic E-state index is 0.275. The molecule has 24 heavy (non-hydrogen) atoms. The number of fused-ring (bicyclic) bond motifs is 2. The molecule has 0 radical (unpaired) electrons. The number of carbonyl (C=O) groups is 1. The standard InChI is InChI=1S/C22H16O2/c23-21(19-13-5-9-15-7-1-3-11-17(15)19)22(24)20-14-6-10-16-8-2-4-12-18(16)20/h1-14,21,23H. The minimum Gasteiger partial charge on any atom is -0.380 e. The minimum atomic E-state index is -1.18. The maximum absolute atomic E-state index is 13.0. The summed E-state index contributed by atoms with van der Waals surface area (Å²) in [4.78, 5) is 13.0. The Morgan fingerprint density at radius 2 is 1.21 bits per heavy atom. The molecule has 0 aliphatic rings. The van der Waals surface area contributed by atoms with Crippen LogP contribution in [0.25, 0.3) is 21.5 Å². The highest BCUT2D eigenvalue weighted by Crippen LogP contribution is 2.29. The van der Waals surface area contributed by atoms with E-state index in [0.717, 1.165) is 21.5 Å². The van der Waals surface area contributed by atoms with Gasteiger partial charge < -0.3 is 5.11 Å². The zero-order valence-electron chi connectivity index (χ0n) is 13.0. The molecule has 0 fully saturated rings. The molecule has 0 saturated heterocycles. The van der Waals surface area contributed by atoms with Crippen LogP contribution in [0.4, 0.5) is 0 Å². The highest BCUT2D eigenvalue weighted by molar-refractivity contribution is 6.11. The van der Waals surface area contributed by atoms with Gasteiger partial charge in [-0.05, 0) is 27.1 Å². The van der Waals surface area contributed by atoms with Gasteiger partial charge in [0.25, 0.3) is 0 Å². The van der Waals surface area contributed by atoms with E-state index in [1.54, 1.807) is 6.07 Å². The summed E-state index contributed by atoms with van der Waals surface area (Å²) in [5, 5.41) is 14.5. The molecule has 1 unspecified atom stereocenters. The average Bonchev–Trinajstić information content (AvgIpc) is 2.66. The van der Waals surface area contributed by atoms with E-state index in [2.05, 4.69) is 0 Å². The van der Waals surface area contributed by atoms with E-state index in [0.29, 0.717) is 11.1 Å². The first-order valence-corrected chi connectivity index (χ1v) is 7.93. The molecule has 0 amide bonds. The molecule has 0 bridgehead atoms. The Hall–Kier alpha value is -2.97. The number of hydrogen-bond donors (Lipinski definition) is 1. The topological polar surface area (TPSA) is 37.3 Å². The highest BCUT2D eigenvalue weighted by atomic mass is 16.3. The molecule has 0 spiro atoms. The normalized spacial score (nSPS) is 12.4. The number of benzene rings is 4. The second-order valence-electron chi connectivity index (χ2n) is 5.86. The molecule has 4 aromatic rings. The summed E-state index contributed by atoms with van der Waals surface area (Å²) in [5.74, 6) is -0.275. The molecule has 0 saturated carbocycles. The maximum Gasteiger partial charge on any atom is 0.196 e. The first-order valence-electron chi connectivity index (χ1n) is 7.93. The maximum atomic E-state index is 13.0. The molecule has 1 N–H and O–H groups in total. The zero-order valence-corrected chi connectivity index (χ0v) is 13.0. The van der Waals surface area contributed by atoms with E-state index >= 15 is 0 Å². The van der Waals surface area contributed by atoms with Gasteiger partial charge in [-0.1, -0.05) is 84.9 Å². The van der Waals surface area contributed by atoms with Crippen LogP contribution in [-0.2, 0) is 0 Å². The Balaban J connectivity index is 1.84. The fourth-order valence-electron chi connectivity index (χ4n) is 3.22. The molecule has 2 heteroatoms. The third-order valence-corrected chi connectivity index (χ3v) is 4.42. The first kappa shape index (κ1) is 14.6. The average molecular weight is 312 g/mol. The third-order valence-electron chi connectivity index (χ3n) is 4.42. The molecule has 4 rings (SSSR count). The molecular formula is C22H16O2. The predicted molar refractivity (Wildman–Crippen MR) is 97.2 cm³/mol. The van der Waals surface area contributed by atoms with Gasteiger partial charge >= 0.3 is 0 Å². The second-order valence-corrected chi connectivity index (χ2v) is 5.86. The number of aliphatic hydroxyl groups excluding tert-OH is 1. The Kier molecular flexibility index (Phi) is 3.60. The number of hydrogen-bond acceptors (Lipinski definition) is 2. The van der Waals surface area contributed by atoms with Crippen LogP contribution >= 0.6 is 0 Å². The van der Waals surface area contributed by atoms with Crippen LogP contribution in [0, 0.1) is 0 Å². The fourth-order valence-corrected chi connectivity index (χ4v) is 3.22. The van der Waals surface area contributed by atoms with Crippen LogP contribution in [0.5, 0.6) is 0 Å². The lowest BCUT2D eigenvalue weighted by molar-refractivity contribution is 0.0752. The van der Waals surface area contributed by atoms with Gasteiger partial charge in [-0.2, -0.15) is 0 Å². The summed E-state index contributed by atoms with van der Waals surface area (Å²) in [6, 6.07) is 26.8. The molecule has 1 atom stereocenters. The SMILES string of the molecule is O=C(c1cccc2ccccc12)C(O)c1cccc2ccccc12. The molecule has 4 aromatic carbocycles. The van der Waals surface area contributed by atoms with Crippen molar-refractivity contribution in [2.45, 2.75) is 6.10 Å². The molecule has 0 aliphatic carbocycles. The van der Waals surface area contributed by atoms with Gasteiger partial charge in [-0.3, -0.25) is 4.79 Å². The van der Waals surface area contributed by atoms with Gasteiger partial charge in [-0.15, -0.1) is 0 Å². The molecule has 116 valence electrons. The van der Waals surface area contributed by atoms with Crippen molar-refractivity contribution in [3.8, 4) is 0 Å². The predicted octanol–water partition coefficient (Wildman–Crippen LogP) is 4.91. The lowest BCUT2D eigenvalue weighted by atomic mass is 9.93. The number of ketones is 1. The van der Waals surface area contributed by atoms with Crippen molar-refractivity contribution in [3.05, 3.63) is 96.1 Å². The first-order chi connectivity index (χ1) is 11.8. The van der Waals surface area contributed by atoms with Gasteiger partial charge in [0.15, 0.2) is 5.78 Å². The van der Waals surface area contributed by atoms with Gasteiger partial charge in [0.2, 0.25) is 0 Å². The lowest BCUT2D eigenvalue weighted by Crippen LogP contribution is -2.13. The smallest absolute Gasteiger partial charge is 0.196 e. The summed E-state index contributed by atoms with van der Waals surface area (Å²) < 4.78 is 0. The van der Waals surface area contributed by atoms with Crippen LogP contribution in [0.3, 0.4) is 0 Å². The largest absolute Gasteiger partial charge is 0.380 e. The van der Waals surface area contributed by atoms with Crippen molar-refractivity contribution in [3.63, 3.8) is 0 Å². The van der Waals surface area contributed by atoms with Gasteiger partial charge in [0, 0.05) is 5.56 Å². The molecular weight excluding hydrogens is 296 g/mol. The van der Waals surface area contributed by atoms with Crippen molar-refractivity contribution in [1.29, 1.82) is 0 Å².